The van der Waals surface area contributed by atoms with Crippen molar-refractivity contribution in [2.24, 2.45) is 0 Å². The van der Waals surface area contributed by atoms with Gasteiger partial charge in [-0.05, 0) is 46.0 Å². The molecule has 2 amide bonds. The fourth-order valence-electron chi connectivity index (χ4n) is 2.91. The van der Waals surface area contributed by atoms with Gasteiger partial charge < -0.3 is 4.74 Å². The zero-order valence-electron chi connectivity index (χ0n) is 16.6. The van der Waals surface area contributed by atoms with Gasteiger partial charge >= 0.3 is 0 Å². The molecular weight excluding hydrogens is 432 g/mol. The molecule has 0 aliphatic heterocycles. The fraction of sp³-hybridized carbons (Fsp3) is 0.217. The lowest BCUT2D eigenvalue weighted by Crippen LogP contribution is -2.43. The lowest BCUT2D eigenvalue weighted by Gasteiger charge is -2.21. The van der Waals surface area contributed by atoms with Crippen molar-refractivity contribution in [2.45, 2.75) is 26.2 Å². The lowest BCUT2D eigenvalue weighted by molar-refractivity contribution is -0.123. The number of rotatable bonds is 4. The van der Waals surface area contributed by atoms with E-state index in [-0.39, 0.29) is 12.0 Å². The van der Waals surface area contributed by atoms with E-state index >= 15 is 0 Å². The molecule has 5 nitrogen and oxygen atoms in total. The van der Waals surface area contributed by atoms with Crippen molar-refractivity contribution in [3.8, 4) is 5.75 Å². The third-order valence-corrected chi connectivity index (χ3v) is 5.10. The predicted octanol–water partition coefficient (Wildman–Crippen LogP) is 4.74. The van der Waals surface area contributed by atoms with E-state index in [1.54, 1.807) is 12.1 Å². The summed E-state index contributed by atoms with van der Waals surface area (Å²) >= 11 is 3.51. The number of hydrazine groups is 1. The highest BCUT2D eigenvalue weighted by atomic mass is 79.9. The van der Waals surface area contributed by atoms with Gasteiger partial charge in [0.1, 0.15) is 5.75 Å². The van der Waals surface area contributed by atoms with Crippen LogP contribution in [0.3, 0.4) is 0 Å². The SMILES string of the molecule is CC(C)(C)c1ccc(C(=O)NNC(=O)COc2ccc3ccccc3c2)cc1Br. The normalized spacial score (nSPS) is 11.2. The van der Waals surface area contributed by atoms with E-state index in [2.05, 4.69) is 47.6 Å². The number of benzene rings is 3. The largest absolute Gasteiger partial charge is 0.484 e. The molecule has 0 spiro atoms. The van der Waals surface area contributed by atoms with Crippen molar-refractivity contribution in [3.05, 3.63) is 76.3 Å². The van der Waals surface area contributed by atoms with Crippen LogP contribution in [0.1, 0.15) is 36.7 Å². The van der Waals surface area contributed by atoms with Crippen LogP contribution in [-0.4, -0.2) is 18.4 Å². The van der Waals surface area contributed by atoms with Crippen molar-refractivity contribution < 1.29 is 14.3 Å². The highest BCUT2D eigenvalue weighted by Crippen LogP contribution is 2.30. The van der Waals surface area contributed by atoms with E-state index in [1.165, 1.54) is 0 Å². The average Bonchev–Trinajstić information content (AvgIpc) is 2.69. The van der Waals surface area contributed by atoms with Crippen LogP contribution < -0.4 is 15.6 Å². The van der Waals surface area contributed by atoms with Crippen LogP contribution in [0.5, 0.6) is 5.75 Å². The second-order valence-corrected chi connectivity index (χ2v) is 8.60. The molecule has 3 aromatic rings. The highest BCUT2D eigenvalue weighted by molar-refractivity contribution is 9.10. The Bertz CT molecular complexity index is 1060. The molecule has 0 heterocycles. The van der Waals surface area contributed by atoms with E-state index in [1.807, 2.05) is 48.5 Å². The first kappa shape index (κ1) is 20.9. The van der Waals surface area contributed by atoms with Crippen LogP contribution in [-0.2, 0) is 10.2 Å². The number of halogens is 1. The second-order valence-electron chi connectivity index (χ2n) is 7.74. The maximum atomic E-state index is 12.3. The fourth-order valence-corrected chi connectivity index (χ4v) is 3.88. The summed E-state index contributed by atoms with van der Waals surface area (Å²) in [5.74, 6) is -0.256. The zero-order chi connectivity index (χ0) is 21.0. The summed E-state index contributed by atoms with van der Waals surface area (Å²) in [7, 11) is 0. The number of hydrogen-bond donors (Lipinski definition) is 2. The molecule has 0 saturated heterocycles. The Balaban J connectivity index is 1.53. The van der Waals surface area contributed by atoms with Crippen molar-refractivity contribution in [2.75, 3.05) is 6.61 Å². The molecule has 3 rings (SSSR count). The molecule has 0 aliphatic rings. The maximum Gasteiger partial charge on any atom is 0.276 e. The molecule has 0 aliphatic carbocycles. The topological polar surface area (TPSA) is 67.4 Å². The Morgan fingerprint density at radius 1 is 0.931 bits per heavy atom. The van der Waals surface area contributed by atoms with Crippen molar-refractivity contribution in [1.29, 1.82) is 0 Å². The molecule has 2 N–H and O–H groups in total. The molecule has 0 aromatic heterocycles. The minimum Gasteiger partial charge on any atom is -0.484 e. The van der Waals surface area contributed by atoms with Crippen molar-refractivity contribution >= 4 is 38.5 Å². The minimum absolute atomic E-state index is 0.0395. The molecule has 0 fully saturated rings. The Morgan fingerprint density at radius 2 is 1.66 bits per heavy atom. The third kappa shape index (κ3) is 5.35. The zero-order valence-corrected chi connectivity index (χ0v) is 18.2. The first-order valence-electron chi connectivity index (χ1n) is 9.25. The first-order chi connectivity index (χ1) is 13.7. The van der Waals surface area contributed by atoms with Gasteiger partial charge in [0, 0.05) is 10.0 Å². The second kappa shape index (κ2) is 8.66. The standard InChI is InChI=1S/C23H23BrN2O3/c1-23(2,3)19-11-9-17(13-20(19)24)22(28)26-25-21(27)14-29-18-10-8-15-6-4-5-7-16(15)12-18/h4-13H,14H2,1-3H3,(H,25,27)(H,26,28). The Labute approximate surface area is 178 Å². The van der Waals surface area contributed by atoms with Gasteiger partial charge in [0.2, 0.25) is 0 Å². The van der Waals surface area contributed by atoms with Crippen molar-refractivity contribution in [1.82, 2.24) is 10.9 Å². The van der Waals surface area contributed by atoms with Gasteiger partial charge in [-0.1, -0.05) is 73.1 Å². The Kier molecular flexibility index (Phi) is 6.23. The number of carbonyl (C=O) groups is 2. The van der Waals surface area contributed by atoms with E-state index in [4.69, 9.17) is 4.74 Å². The molecule has 3 aromatic carbocycles. The van der Waals surface area contributed by atoms with Gasteiger partial charge in [-0.3, -0.25) is 20.4 Å². The number of hydrogen-bond acceptors (Lipinski definition) is 3. The van der Waals surface area contributed by atoms with Gasteiger partial charge in [0.05, 0.1) is 0 Å². The first-order valence-corrected chi connectivity index (χ1v) is 10.0. The van der Waals surface area contributed by atoms with Gasteiger partial charge in [-0.2, -0.15) is 0 Å². The van der Waals surface area contributed by atoms with E-state index in [0.717, 1.165) is 20.8 Å². The Morgan fingerprint density at radius 3 is 2.34 bits per heavy atom. The lowest BCUT2D eigenvalue weighted by atomic mass is 9.86. The van der Waals surface area contributed by atoms with Gasteiger partial charge in [-0.25, -0.2) is 0 Å². The van der Waals surface area contributed by atoms with Crippen LogP contribution in [0.25, 0.3) is 10.8 Å². The number of nitrogens with one attached hydrogen (secondary N) is 2. The van der Waals surface area contributed by atoms with Gasteiger partial charge in [0.25, 0.3) is 11.8 Å². The molecule has 0 bridgehead atoms. The summed E-state index contributed by atoms with van der Waals surface area (Å²) in [6.07, 6.45) is 0. The average molecular weight is 455 g/mol. The molecule has 150 valence electrons. The van der Waals surface area contributed by atoms with Gasteiger partial charge in [0.15, 0.2) is 6.61 Å². The monoisotopic (exact) mass is 454 g/mol. The minimum atomic E-state index is -0.447. The van der Waals surface area contributed by atoms with Gasteiger partial charge in [-0.15, -0.1) is 0 Å². The Hall–Kier alpha value is -2.86. The van der Waals surface area contributed by atoms with Crippen LogP contribution >= 0.6 is 15.9 Å². The molecule has 29 heavy (non-hydrogen) atoms. The van der Waals surface area contributed by atoms with Crippen molar-refractivity contribution in [3.63, 3.8) is 0 Å². The molecule has 6 heteroatoms. The third-order valence-electron chi connectivity index (χ3n) is 4.45. The smallest absolute Gasteiger partial charge is 0.276 e. The quantitative estimate of drug-likeness (QED) is 0.559. The molecule has 0 radical (unpaired) electrons. The highest BCUT2D eigenvalue weighted by Gasteiger charge is 2.18. The van der Waals surface area contributed by atoms with E-state index < -0.39 is 11.8 Å². The summed E-state index contributed by atoms with van der Waals surface area (Å²) in [4.78, 5) is 24.3. The van der Waals surface area contributed by atoms with E-state index in [0.29, 0.717) is 11.3 Å². The van der Waals surface area contributed by atoms with Crippen LogP contribution in [0.15, 0.2) is 65.1 Å². The summed E-state index contributed by atoms with van der Waals surface area (Å²) < 4.78 is 6.37. The summed E-state index contributed by atoms with van der Waals surface area (Å²) in [6, 6.07) is 18.9. The van der Waals surface area contributed by atoms with E-state index in [9.17, 15) is 9.59 Å². The summed E-state index contributed by atoms with van der Waals surface area (Å²) in [6.45, 7) is 6.10. The summed E-state index contributed by atoms with van der Waals surface area (Å²) in [5.41, 5.74) is 6.29. The number of carbonyl (C=O) groups excluding carboxylic acids is 2. The predicted molar refractivity (Wildman–Crippen MR) is 118 cm³/mol. The van der Waals surface area contributed by atoms with Crippen LogP contribution in [0.4, 0.5) is 0 Å². The van der Waals surface area contributed by atoms with Crippen LogP contribution in [0, 0.1) is 0 Å². The molecule has 0 saturated carbocycles. The number of fused-ring (bicyclic) bond motifs is 1. The number of ether oxygens (including phenoxy) is 1. The summed E-state index contributed by atoms with van der Waals surface area (Å²) in [5, 5.41) is 2.13. The molecular formula is C23H23BrN2O3. The van der Waals surface area contributed by atoms with Crippen LogP contribution in [0.2, 0.25) is 0 Å². The molecule has 0 unspecified atom stereocenters. The maximum absolute atomic E-state index is 12.3. The molecule has 0 atom stereocenters. The number of amides is 2.